The molecule has 3 heteroatoms. The van der Waals surface area contributed by atoms with Crippen LogP contribution >= 0.6 is 0 Å². The van der Waals surface area contributed by atoms with E-state index in [4.69, 9.17) is 9.84 Å². The summed E-state index contributed by atoms with van der Waals surface area (Å²) in [4.78, 5) is 2.50. The number of hydrogen-bond donors (Lipinski definition) is 1. The molecule has 1 saturated heterocycles. The third-order valence-electron chi connectivity index (χ3n) is 3.71. The van der Waals surface area contributed by atoms with Crippen LogP contribution in [0.5, 0.6) is 5.75 Å². The summed E-state index contributed by atoms with van der Waals surface area (Å²) in [6.07, 6.45) is 2.63. The predicted octanol–water partition coefficient (Wildman–Crippen LogP) is 2.27. The molecular formula is C17H23NO2. The third-order valence-corrected chi connectivity index (χ3v) is 3.71. The Bertz CT molecular complexity index is 501. The quantitative estimate of drug-likeness (QED) is 0.858. The molecule has 1 aromatic carbocycles. The number of aliphatic hydroxyl groups excluding tert-OH is 1. The van der Waals surface area contributed by atoms with E-state index in [1.165, 1.54) is 31.5 Å². The first-order chi connectivity index (χ1) is 9.72. The number of ether oxygens (including phenoxy) is 1. The Kier molecular flexibility index (Phi) is 5.46. The van der Waals surface area contributed by atoms with Gasteiger partial charge in [-0.2, -0.15) is 0 Å². The van der Waals surface area contributed by atoms with E-state index in [9.17, 15) is 0 Å². The molecule has 1 heterocycles. The van der Waals surface area contributed by atoms with Crippen LogP contribution in [0.25, 0.3) is 0 Å². The van der Waals surface area contributed by atoms with Gasteiger partial charge in [-0.25, -0.2) is 0 Å². The fourth-order valence-corrected chi connectivity index (χ4v) is 2.77. The molecule has 0 aliphatic carbocycles. The van der Waals surface area contributed by atoms with Gasteiger partial charge in [0.15, 0.2) is 0 Å². The van der Waals surface area contributed by atoms with Gasteiger partial charge < -0.3 is 9.84 Å². The summed E-state index contributed by atoms with van der Waals surface area (Å²) >= 11 is 0. The largest absolute Gasteiger partial charge is 0.495 e. The molecular weight excluding hydrogens is 250 g/mol. The normalized spacial score (nSPS) is 19.2. The highest BCUT2D eigenvalue weighted by Crippen LogP contribution is 2.22. The maximum Gasteiger partial charge on any atom is 0.134 e. The highest BCUT2D eigenvalue weighted by molar-refractivity contribution is 5.48. The number of nitrogens with zero attached hydrogens (tertiary/aromatic N) is 1. The molecule has 0 amide bonds. The zero-order chi connectivity index (χ0) is 14.4. The maximum atomic E-state index is 8.83. The molecule has 2 rings (SSSR count). The summed E-state index contributed by atoms with van der Waals surface area (Å²) in [7, 11) is 1.64. The molecule has 1 aliphatic rings. The van der Waals surface area contributed by atoms with E-state index in [0.29, 0.717) is 0 Å². The lowest BCUT2D eigenvalue weighted by Gasteiger charge is -2.30. The van der Waals surface area contributed by atoms with Crippen molar-refractivity contribution in [2.24, 2.45) is 5.92 Å². The van der Waals surface area contributed by atoms with Crippen LogP contribution in [0.3, 0.4) is 0 Å². The molecule has 0 spiro atoms. The van der Waals surface area contributed by atoms with Gasteiger partial charge in [-0.1, -0.05) is 24.8 Å². The Labute approximate surface area is 121 Å². The van der Waals surface area contributed by atoms with Crippen molar-refractivity contribution in [3.63, 3.8) is 0 Å². The highest BCUT2D eigenvalue weighted by Gasteiger charge is 2.16. The second-order valence-electron chi connectivity index (χ2n) is 5.48. The van der Waals surface area contributed by atoms with Gasteiger partial charge in [-0.05, 0) is 43.0 Å². The second kappa shape index (κ2) is 7.33. The van der Waals surface area contributed by atoms with Gasteiger partial charge in [0.25, 0.3) is 0 Å². The maximum absolute atomic E-state index is 8.83. The summed E-state index contributed by atoms with van der Waals surface area (Å²) in [5, 5.41) is 8.83. The summed E-state index contributed by atoms with van der Waals surface area (Å²) in [6, 6.07) is 6.13. The molecule has 0 aromatic heterocycles. The van der Waals surface area contributed by atoms with Gasteiger partial charge >= 0.3 is 0 Å². The van der Waals surface area contributed by atoms with E-state index in [0.717, 1.165) is 23.8 Å². The number of methoxy groups -OCH3 is 1. The van der Waals surface area contributed by atoms with Crippen molar-refractivity contribution in [3.8, 4) is 17.6 Å². The Morgan fingerprint density at radius 3 is 3.00 bits per heavy atom. The number of rotatable bonds is 3. The first kappa shape index (κ1) is 14.9. The Hall–Kier alpha value is -1.50. The lowest BCUT2D eigenvalue weighted by Crippen LogP contribution is -2.33. The van der Waals surface area contributed by atoms with Crippen LogP contribution in [-0.2, 0) is 6.54 Å². The van der Waals surface area contributed by atoms with Gasteiger partial charge in [0.05, 0.1) is 12.7 Å². The number of aliphatic hydroxyl groups is 1. The molecule has 1 aliphatic heterocycles. The number of likely N-dealkylation sites (tertiary alicyclic amines) is 1. The fourth-order valence-electron chi connectivity index (χ4n) is 2.77. The Balaban J connectivity index is 2.11. The first-order valence-corrected chi connectivity index (χ1v) is 7.22. The molecule has 1 unspecified atom stereocenters. The second-order valence-corrected chi connectivity index (χ2v) is 5.48. The molecule has 1 atom stereocenters. The van der Waals surface area contributed by atoms with E-state index in [1.54, 1.807) is 7.11 Å². The van der Waals surface area contributed by atoms with E-state index in [2.05, 4.69) is 35.8 Å². The topological polar surface area (TPSA) is 32.7 Å². The first-order valence-electron chi connectivity index (χ1n) is 7.22. The lowest BCUT2D eigenvalue weighted by molar-refractivity contribution is 0.176. The highest BCUT2D eigenvalue weighted by atomic mass is 16.5. The van der Waals surface area contributed by atoms with Crippen molar-refractivity contribution in [2.45, 2.75) is 26.3 Å². The summed E-state index contributed by atoms with van der Waals surface area (Å²) < 4.78 is 5.31. The van der Waals surface area contributed by atoms with Gasteiger partial charge in [-0.15, -0.1) is 0 Å². The van der Waals surface area contributed by atoms with Crippen molar-refractivity contribution in [3.05, 3.63) is 29.3 Å². The Morgan fingerprint density at radius 1 is 1.45 bits per heavy atom. The van der Waals surface area contributed by atoms with Crippen molar-refractivity contribution in [1.29, 1.82) is 0 Å². The number of piperidine rings is 1. The van der Waals surface area contributed by atoms with Crippen molar-refractivity contribution in [1.82, 2.24) is 4.90 Å². The molecule has 20 heavy (non-hydrogen) atoms. The standard InChI is InChI=1S/C17H23NO2/c1-14-5-3-9-18(12-14)13-15-7-8-17(20-2)16(11-15)6-4-10-19/h7-8,11,14,19H,3,5,9-10,12-13H2,1-2H3. The van der Waals surface area contributed by atoms with Crippen LogP contribution in [0, 0.1) is 17.8 Å². The van der Waals surface area contributed by atoms with Crippen molar-refractivity contribution in [2.75, 3.05) is 26.8 Å². The van der Waals surface area contributed by atoms with Crippen LogP contribution in [0.4, 0.5) is 0 Å². The van der Waals surface area contributed by atoms with E-state index >= 15 is 0 Å². The van der Waals surface area contributed by atoms with Crippen LogP contribution in [0.2, 0.25) is 0 Å². The predicted molar refractivity (Wildman–Crippen MR) is 80.6 cm³/mol. The molecule has 1 aromatic rings. The third kappa shape index (κ3) is 4.00. The summed E-state index contributed by atoms with van der Waals surface area (Å²) in [5.41, 5.74) is 2.10. The van der Waals surface area contributed by atoms with Gasteiger partial charge in [0.2, 0.25) is 0 Å². The minimum Gasteiger partial charge on any atom is -0.495 e. The minimum atomic E-state index is -0.128. The molecule has 1 N–H and O–H groups in total. The fraction of sp³-hybridized carbons (Fsp3) is 0.529. The van der Waals surface area contributed by atoms with Crippen LogP contribution in [0.1, 0.15) is 30.9 Å². The SMILES string of the molecule is COc1ccc(CN2CCCC(C)C2)cc1C#CCO. The van der Waals surface area contributed by atoms with Crippen molar-refractivity contribution < 1.29 is 9.84 Å². The minimum absolute atomic E-state index is 0.128. The summed E-state index contributed by atoms with van der Waals surface area (Å²) in [6.45, 7) is 5.50. The van der Waals surface area contributed by atoms with Crippen molar-refractivity contribution >= 4 is 0 Å². The van der Waals surface area contributed by atoms with Gasteiger partial charge in [0, 0.05) is 13.1 Å². The van der Waals surface area contributed by atoms with E-state index in [-0.39, 0.29) is 6.61 Å². The van der Waals surface area contributed by atoms with E-state index in [1.807, 2.05) is 6.07 Å². The molecule has 1 fully saturated rings. The monoisotopic (exact) mass is 273 g/mol. The van der Waals surface area contributed by atoms with E-state index < -0.39 is 0 Å². The number of hydrogen-bond acceptors (Lipinski definition) is 3. The molecule has 0 saturated carbocycles. The smallest absolute Gasteiger partial charge is 0.134 e. The lowest BCUT2D eigenvalue weighted by atomic mass is 9.99. The molecule has 0 radical (unpaired) electrons. The molecule has 108 valence electrons. The average molecular weight is 273 g/mol. The van der Waals surface area contributed by atoms with Gasteiger partial charge in [0.1, 0.15) is 12.4 Å². The zero-order valence-electron chi connectivity index (χ0n) is 12.4. The zero-order valence-corrected chi connectivity index (χ0v) is 12.4. The van der Waals surface area contributed by atoms with Crippen LogP contribution in [-0.4, -0.2) is 36.8 Å². The molecule has 3 nitrogen and oxygen atoms in total. The Morgan fingerprint density at radius 2 is 2.30 bits per heavy atom. The molecule has 0 bridgehead atoms. The average Bonchev–Trinajstić information content (AvgIpc) is 2.45. The van der Waals surface area contributed by atoms with Crippen LogP contribution < -0.4 is 4.74 Å². The number of benzene rings is 1. The van der Waals surface area contributed by atoms with Crippen LogP contribution in [0.15, 0.2) is 18.2 Å². The van der Waals surface area contributed by atoms with Gasteiger partial charge in [-0.3, -0.25) is 4.90 Å². The summed E-state index contributed by atoms with van der Waals surface area (Å²) in [5.74, 6) is 7.20.